The Labute approximate surface area is 103 Å². The minimum absolute atomic E-state index is 0.447. The van der Waals surface area contributed by atoms with Crippen molar-refractivity contribution in [2.45, 2.75) is 6.04 Å². The fourth-order valence-corrected chi connectivity index (χ4v) is 2.78. The van der Waals surface area contributed by atoms with Gasteiger partial charge < -0.3 is 15.0 Å². The van der Waals surface area contributed by atoms with E-state index < -0.39 is 0 Å². The van der Waals surface area contributed by atoms with Crippen LogP contribution in [-0.4, -0.2) is 37.8 Å². The van der Waals surface area contributed by atoms with Crippen LogP contribution in [0.4, 0.5) is 11.5 Å². The first-order valence-corrected chi connectivity index (χ1v) is 6.25. The minimum atomic E-state index is 0.447. The Bertz CT molecular complexity index is 412. The zero-order valence-electron chi connectivity index (χ0n) is 9.11. The second-order valence-corrected chi connectivity index (χ2v) is 5.30. The quantitative estimate of drug-likeness (QED) is 0.787. The highest BCUT2D eigenvalue weighted by Crippen LogP contribution is 2.33. The predicted molar refractivity (Wildman–Crippen MR) is 66.9 cm³/mol. The Morgan fingerprint density at radius 1 is 1.56 bits per heavy atom. The SMILES string of the molecule is CN1c2ncc(Br)cc2NCC2COCC21. The Hall–Kier alpha value is -0.810. The number of fused-ring (bicyclic) bond motifs is 2. The van der Waals surface area contributed by atoms with Gasteiger partial charge in [0.15, 0.2) is 5.82 Å². The molecular weight excluding hydrogens is 270 g/mol. The molecule has 1 fully saturated rings. The normalized spacial score (nSPS) is 28.0. The maximum atomic E-state index is 5.54. The summed E-state index contributed by atoms with van der Waals surface area (Å²) in [6.45, 7) is 2.61. The molecule has 0 radical (unpaired) electrons. The van der Waals surface area contributed by atoms with Gasteiger partial charge in [-0.25, -0.2) is 4.98 Å². The highest BCUT2D eigenvalue weighted by atomic mass is 79.9. The van der Waals surface area contributed by atoms with E-state index in [1.54, 1.807) is 0 Å². The van der Waals surface area contributed by atoms with Gasteiger partial charge in [0.1, 0.15) is 0 Å². The fourth-order valence-electron chi connectivity index (χ4n) is 2.45. The van der Waals surface area contributed by atoms with Gasteiger partial charge in [0.25, 0.3) is 0 Å². The molecule has 0 saturated carbocycles. The standard InChI is InChI=1S/C11H14BrN3O/c1-15-10-6-16-5-7(10)3-13-9-2-8(12)4-14-11(9)15/h2,4,7,10,13H,3,5-6H2,1H3. The van der Waals surface area contributed by atoms with Gasteiger partial charge in [-0.1, -0.05) is 0 Å². The number of hydrogen-bond acceptors (Lipinski definition) is 4. The molecule has 5 heteroatoms. The van der Waals surface area contributed by atoms with Crippen LogP contribution in [-0.2, 0) is 4.74 Å². The van der Waals surface area contributed by atoms with Crippen LogP contribution in [0, 0.1) is 5.92 Å². The number of nitrogens with zero attached hydrogens (tertiary/aromatic N) is 2. The van der Waals surface area contributed by atoms with Crippen LogP contribution in [0.15, 0.2) is 16.7 Å². The number of pyridine rings is 1. The van der Waals surface area contributed by atoms with Crippen LogP contribution in [0.2, 0.25) is 0 Å². The molecule has 0 amide bonds. The third kappa shape index (κ3) is 1.58. The smallest absolute Gasteiger partial charge is 0.152 e. The van der Waals surface area contributed by atoms with Gasteiger partial charge in [-0.05, 0) is 22.0 Å². The highest BCUT2D eigenvalue weighted by molar-refractivity contribution is 9.10. The Balaban J connectivity index is 2.01. The van der Waals surface area contributed by atoms with E-state index >= 15 is 0 Å². The highest BCUT2D eigenvalue weighted by Gasteiger charge is 2.35. The fraction of sp³-hybridized carbons (Fsp3) is 0.545. The number of nitrogens with one attached hydrogen (secondary N) is 1. The summed E-state index contributed by atoms with van der Waals surface area (Å²) >= 11 is 3.45. The van der Waals surface area contributed by atoms with Crippen molar-refractivity contribution in [1.29, 1.82) is 0 Å². The van der Waals surface area contributed by atoms with E-state index in [2.05, 4.69) is 44.2 Å². The topological polar surface area (TPSA) is 37.4 Å². The molecule has 3 rings (SSSR count). The van der Waals surface area contributed by atoms with Crippen molar-refractivity contribution in [3.05, 3.63) is 16.7 Å². The molecule has 0 aromatic carbocycles. The third-order valence-electron chi connectivity index (χ3n) is 3.38. The van der Waals surface area contributed by atoms with E-state index in [0.29, 0.717) is 12.0 Å². The number of ether oxygens (including phenoxy) is 1. The van der Waals surface area contributed by atoms with Gasteiger partial charge in [-0.2, -0.15) is 0 Å². The summed E-state index contributed by atoms with van der Waals surface area (Å²) in [6.07, 6.45) is 1.84. The van der Waals surface area contributed by atoms with Gasteiger partial charge >= 0.3 is 0 Å². The van der Waals surface area contributed by atoms with Gasteiger partial charge in [-0.15, -0.1) is 0 Å². The lowest BCUT2D eigenvalue weighted by atomic mass is 10.0. The molecule has 1 aromatic rings. The average molecular weight is 284 g/mol. The third-order valence-corrected chi connectivity index (χ3v) is 3.82. The summed E-state index contributed by atoms with van der Waals surface area (Å²) in [5.41, 5.74) is 1.10. The first-order valence-electron chi connectivity index (χ1n) is 5.45. The summed E-state index contributed by atoms with van der Waals surface area (Å²) < 4.78 is 6.55. The number of likely N-dealkylation sites (N-methyl/N-ethyl adjacent to an activating group) is 1. The Morgan fingerprint density at radius 2 is 2.44 bits per heavy atom. The van der Waals surface area contributed by atoms with E-state index in [1.165, 1.54) is 0 Å². The van der Waals surface area contributed by atoms with Crippen molar-refractivity contribution in [2.24, 2.45) is 5.92 Å². The zero-order valence-corrected chi connectivity index (χ0v) is 10.7. The maximum Gasteiger partial charge on any atom is 0.152 e. The summed E-state index contributed by atoms with van der Waals surface area (Å²) in [5.74, 6) is 1.57. The van der Waals surface area contributed by atoms with Gasteiger partial charge in [0.05, 0.1) is 24.9 Å². The molecule has 1 saturated heterocycles. The van der Waals surface area contributed by atoms with Crippen molar-refractivity contribution in [3.63, 3.8) is 0 Å². The lowest BCUT2D eigenvalue weighted by Gasteiger charge is -2.26. The van der Waals surface area contributed by atoms with Crippen molar-refractivity contribution in [3.8, 4) is 0 Å². The van der Waals surface area contributed by atoms with Crippen LogP contribution < -0.4 is 10.2 Å². The molecule has 0 spiro atoms. The molecule has 1 aromatic heterocycles. The number of halogens is 1. The van der Waals surface area contributed by atoms with Crippen molar-refractivity contribution < 1.29 is 4.74 Å². The molecule has 2 atom stereocenters. The second kappa shape index (κ2) is 3.89. The maximum absolute atomic E-state index is 5.54. The van der Waals surface area contributed by atoms with E-state index in [-0.39, 0.29) is 0 Å². The first kappa shape index (κ1) is 10.4. The van der Waals surface area contributed by atoms with E-state index in [4.69, 9.17) is 4.74 Å². The molecule has 0 bridgehead atoms. The molecule has 86 valence electrons. The molecule has 2 aliphatic heterocycles. The lowest BCUT2D eigenvalue weighted by molar-refractivity contribution is 0.185. The minimum Gasteiger partial charge on any atom is -0.382 e. The van der Waals surface area contributed by atoms with Gasteiger partial charge in [0.2, 0.25) is 0 Å². The largest absolute Gasteiger partial charge is 0.382 e. The van der Waals surface area contributed by atoms with Crippen molar-refractivity contribution >= 4 is 27.4 Å². The second-order valence-electron chi connectivity index (χ2n) is 4.38. The molecule has 16 heavy (non-hydrogen) atoms. The lowest BCUT2D eigenvalue weighted by Crippen LogP contribution is -2.38. The summed E-state index contributed by atoms with van der Waals surface area (Å²) in [4.78, 5) is 6.72. The number of aromatic nitrogens is 1. The van der Waals surface area contributed by atoms with E-state index in [0.717, 1.165) is 35.7 Å². The van der Waals surface area contributed by atoms with E-state index in [1.807, 2.05) is 6.20 Å². The predicted octanol–water partition coefficient (Wildman–Crippen LogP) is 1.72. The molecule has 2 aliphatic rings. The molecule has 0 aliphatic carbocycles. The monoisotopic (exact) mass is 283 g/mol. The zero-order chi connectivity index (χ0) is 11.1. The molecule has 2 unspecified atom stereocenters. The van der Waals surface area contributed by atoms with Crippen molar-refractivity contribution in [2.75, 3.05) is 37.0 Å². The van der Waals surface area contributed by atoms with Crippen LogP contribution in [0.5, 0.6) is 0 Å². The van der Waals surface area contributed by atoms with E-state index in [9.17, 15) is 0 Å². The number of hydrogen-bond donors (Lipinski definition) is 1. The summed E-state index contributed by atoms with van der Waals surface area (Å²) in [6, 6.07) is 2.53. The summed E-state index contributed by atoms with van der Waals surface area (Å²) in [7, 11) is 2.10. The number of rotatable bonds is 0. The molecular formula is C11H14BrN3O. The number of anilines is 2. The Morgan fingerprint density at radius 3 is 3.31 bits per heavy atom. The van der Waals surface area contributed by atoms with Crippen LogP contribution in [0.25, 0.3) is 0 Å². The Kier molecular flexibility index (Phi) is 2.52. The van der Waals surface area contributed by atoms with Gasteiger partial charge in [0, 0.05) is 30.2 Å². The average Bonchev–Trinajstić information content (AvgIpc) is 2.69. The van der Waals surface area contributed by atoms with Crippen LogP contribution >= 0.6 is 15.9 Å². The summed E-state index contributed by atoms with van der Waals surface area (Å²) in [5, 5.41) is 3.45. The molecule has 3 heterocycles. The van der Waals surface area contributed by atoms with Gasteiger partial charge in [-0.3, -0.25) is 0 Å². The first-order chi connectivity index (χ1) is 7.75. The van der Waals surface area contributed by atoms with Crippen LogP contribution in [0.3, 0.4) is 0 Å². The molecule has 1 N–H and O–H groups in total. The van der Waals surface area contributed by atoms with Crippen LogP contribution in [0.1, 0.15) is 0 Å². The van der Waals surface area contributed by atoms with Crippen molar-refractivity contribution in [1.82, 2.24) is 4.98 Å². The molecule has 4 nitrogen and oxygen atoms in total.